The van der Waals surface area contributed by atoms with Gasteiger partial charge in [-0.05, 0) is 30.7 Å². The van der Waals surface area contributed by atoms with Gasteiger partial charge in [0, 0.05) is 4.90 Å². The molecule has 0 aliphatic carbocycles. The van der Waals surface area contributed by atoms with Crippen molar-refractivity contribution in [3.8, 4) is 5.75 Å². The molecule has 0 radical (unpaired) electrons. The van der Waals surface area contributed by atoms with E-state index >= 15 is 0 Å². The van der Waals surface area contributed by atoms with Crippen molar-refractivity contribution >= 4 is 12.0 Å². The number of aromatic hydroxyl groups is 1. The summed E-state index contributed by atoms with van der Waals surface area (Å²) in [7, 11) is 0. The highest BCUT2D eigenvalue weighted by atomic mass is 32.2. The summed E-state index contributed by atoms with van der Waals surface area (Å²) in [4.78, 5) is 0.736. The third kappa shape index (κ3) is 2.38. The van der Waals surface area contributed by atoms with Gasteiger partial charge in [-0.1, -0.05) is 5.04 Å². The number of phenols is 1. The fraction of sp³-hybridized carbons (Fsp3) is 0.143. The van der Waals surface area contributed by atoms with Gasteiger partial charge in [0.15, 0.2) is 0 Å². The van der Waals surface area contributed by atoms with Gasteiger partial charge in [-0.3, -0.25) is 0 Å². The Bertz CT molecular complexity index is 264. The van der Waals surface area contributed by atoms with Crippen molar-refractivity contribution in [1.82, 2.24) is 0 Å². The van der Waals surface area contributed by atoms with Crippen molar-refractivity contribution in [1.29, 1.82) is 0 Å². The SMILES string of the molecule is Cc1cc(SOOO)ccc1O. The first-order chi connectivity index (χ1) is 5.74. The average molecular weight is 188 g/mol. The first-order valence-corrected chi connectivity index (χ1v) is 3.92. The molecule has 0 aromatic heterocycles. The quantitative estimate of drug-likeness (QED) is 0.432. The molecule has 0 fully saturated rings. The maximum absolute atomic E-state index is 9.14. The Balaban J connectivity index is 2.69. The van der Waals surface area contributed by atoms with E-state index in [1.807, 2.05) is 0 Å². The summed E-state index contributed by atoms with van der Waals surface area (Å²) in [5.74, 6) is 0.226. The second-order valence-electron chi connectivity index (χ2n) is 2.17. The van der Waals surface area contributed by atoms with E-state index in [2.05, 4.69) is 9.37 Å². The second kappa shape index (κ2) is 4.32. The lowest BCUT2D eigenvalue weighted by molar-refractivity contribution is -0.432. The number of hydrogen-bond acceptors (Lipinski definition) is 5. The predicted molar refractivity (Wildman–Crippen MR) is 43.5 cm³/mol. The van der Waals surface area contributed by atoms with Crippen molar-refractivity contribution in [3.63, 3.8) is 0 Å². The van der Waals surface area contributed by atoms with E-state index in [9.17, 15) is 0 Å². The molecule has 1 rings (SSSR count). The Labute approximate surface area is 73.8 Å². The molecule has 1 aromatic carbocycles. The van der Waals surface area contributed by atoms with Crippen LogP contribution in [0.4, 0.5) is 0 Å². The van der Waals surface area contributed by atoms with Gasteiger partial charge >= 0.3 is 0 Å². The van der Waals surface area contributed by atoms with E-state index in [0.717, 1.165) is 22.5 Å². The molecule has 0 aliphatic rings. The molecular weight excluding hydrogens is 180 g/mol. The van der Waals surface area contributed by atoms with E-state index in [0.29, 0.717) is 0 Å². The molecule has 4 nitrogen and oxygen atoms in total. The monoisotopic (exact) mass is 188 g/mol. The van der Waals surface area contributed by atoms with Crippen LogP contribution in [0.25, 0.3) is 0 Å². The highest BCUT2D eigenvalue weighted by Crippen LogP contribution is 2.24. The van der Waals surface area contributed by atoms with Crippen LogP contribution in [0.1, 0.15) is 5.56 Å². The van der Waals surface area contributed by atoms with Crippen LogP contribution in [0.2, 0.25) is 0 Å². The Hall–Kier alpha value is -0.750. The maximum atomic E-state index is 9.14. The minimum Gasteiger partial charge on any atom is -0.508 e. The van der Waals surface area contributed by atoms with Gasteiger partial charge in [0.1, 0.15) is 5.75 Å². The highest BCUT2D eigenvalue weighted by Gasteiger charge is 1.99. The molecule has 0 saturated heterocycles. The molecule has 12 heavy (non-hydrogen) atoms. The molecule has 0 saturated carbocycles. The normalized spacial score (nSPS) is 10.2. The highest BCUT2D eigenvalue weighted by molar-refractivity contribution is 7.94. The van der Waals surface area contributed by atoms with Crippen molar-refractivity contribution < 1.29 is 19.7 Å². The third-order valence-electron chi connectivity index (χ3n) is 1.33. The largest absolute Gasteiger partial charge is 0.508 e. The zero-order valence-corrected chi connectivity index (χ0v) is 7.17. The number of phenolic OH excluding ortho intramolecular Hbond substituents is 1. The van der Waals surface area contributed by atoms with Gasteiger partial charge in [-0.2, -0.15) is 0 Å². The molecule has 2 N–H and O–H groups in total. The summed E-state index contributed by atoms with van der Waals surface area (Å²) in [5.41, 5.74) is 0.738. The molecule has 0 heterocycles. The third-order valence-corrected chi connectivity index (χ3v) is 1.90. The van der Waals surface area contributed by atoms with E-state index in [1.54, 1.807) is 25.1 Å². The molecule has 0 spiro atoms. The molecule has 66 valence electrons. The van der Waals surface area contributed by atoms with Crippen LogP contribution < -0.4 is 0 Å². The van der Waals surface area contributed by atoms with E-state index < -0.39 is 0 Å². The molecule has 1 aromatic rings. The predicted octanol–water partition coefficient (Wildman–Crippen LogP) is 2.13. The number of benzene rings is 1. The Morgan fingerprint density at radius 2 is 2.17 bits per heavy atom. The van der Waals surface area contributed by atoms with Crippen LogP contribution >= 0.6 is 12.0 Å². The zero-order chi connectivity index (χ0) is 8.97. The smallest absolute Gasteiger partial charge is 0.118 e. The van der Waals surface area contributed by atoms with E-state index in [4.69, 9.17) is 10.4 Å². The lowest BCUT2D eigenvalue weighted by atomic mass is 10.2. The van der Waals surface area contributed by atoms with Gasteiger partial charge in [0.2, 0.25) is 0 Å². The standard InChI is InChI=1S/C7H8O4S/c1-5-4-6(12-11-10-9)2-3-7(5)8/h2-4,8-9H,1H3. The van der Waals surface area contributed by atoms with Gasteiger partial charge < -0.3 is 5.11 Å². The fourth-order valence-electron chi connectivity index (χ4n) is 0.734. The van der Waals surface area contributed by atoms with Crippen molar-refractivity contribution in [3.05, 3.63) is 23.8 Å². The van der Waals surface area contributed by atoms with E-state index in [-0.39, 0.29) is 5.75 Å². The summed E-state index contributed by atoms with van der Waals surface area (Å²) in [6.45, 7) is 1.76. The average Bonchev–Trinajstić information content (AvgIpc) is 2.07. The number of rotatable bonds is 3. The lowest BCUT2D eigenvalue weighted by Crippen LogP contribution is -1.80. The van der Waals surface area contributed by atoms with E-state index in [1.165, 1.54) is 0 Å². The minimum atomic E-state index is 0.226. The Morgan fingerprint density at radius 1 is 1.42 bits per heavy atom. The molecular formula is C7H8O4S. The molecule has 0 amide bonds. The van der Waals surface area contributed by atoms with Crippen molar-refractivity contribution in [2.75, 3.05) is 0 Å². The first kappa shape index (κ1) is 9.34. The molecule has 0 bridgehead atoms. The topological polar surface area (TPSA) is 58.9 Å². The van der Waals surface area contributed by atoms with Crippen LogP contribution in [0.5, 0.6) is 5.75 Å². The Kier molecular flexibility index (Phi) is 3.36. The van der Waals surface area contributed by atoms with Crippen LogP contribution in [0, 0.1) is 6.92 Å². The molecule has 0 aliphatic heterocycles. The first-order valence-electron chi connectivity index (χ1n) is 3.18. The summed E-state index contributed by atoms with van der Waals surface area (Å²) in [6.07, 6.45) is 0. The maximum Gasteiger partial charge on any atom is 0.118 e. The lowest BCUT2D eigenvalue weighted by Gasteiger charge is -2.00. The fourth-order valence-corrected chi connectivity index (χ4v) is 1.19. The Morgan fingerprint density at radius 3 is 2.75 bits per heavy atom. The van der Waals surface area contributed by atoms with Crippen LogP contribution in [0.15, 0.2) is 23.1 Å². The summed E-state index contributed by atoms with van der Waals surface area (Å²) in [6, 6.07) is 4.89. The molecule has 5 heteroatoms. The zero-order valence-electron chi connectivity index (χ0n) is 6.35. The summed E-state index contributed by atoms with van der Waals surface area (Å²) in [5, 5.41) is 20.4. The van der Waals surface area contributed by atoms with Gasteiger partial charge in [0.05, 0.1) is 12.0 Å². The van der Waals surface area contributed by atoms with Crippen LogP contribution in [0.3, 0.4) is 0 Å². The van der Waals surface area contributed by atoms with Gasteiger partial charge in [-0.15, -0.1) is 4.33 Å². The van der Waals surface area contributed by atoms with Crippen LogP contribution in [-0.2, 0) is 9.37 Å². The summed E-state index contributed by atoms with van der Waals surface area (Å²) < 4.78 is 4.20. The van der Waals surface area contributed by atoms with Gasteiger partial charge in [0.25, 0.3) is 0 Å². The van der Waals surface area contributed by atoms with Crippen molar-refractivity contribution in [2.24, 2.45) is 0 Å². The summed E-state index contributed by atoms with van der Waals surface area (Å²) >= 11 is 0.860. The second-order valence-corrected chi connectivity index (χ2v) is 2.95. The van der Waals surface area contributed by atoms with Crippen molar-refractivity contribution in [2.45, 2.75) is 11.8 Å². The van der Waals surface area contributed by atoms with Crippen LogP contribution in [-0.4, -0.2) is 10.4 Å². The number of aryl methyl sites for hydroxylation is 1. The minimum absolute atomic E-state index is 0.226. The number of hydrogen-bond donors (Lipinski definition) is 2. The van der Waals surface area contributed by atoms with Gasteiger partial charge in [-0.25, -0.2) is 5.26 Å². The molecule has 0 unspecified atom stereocenters. The molecule has 0 atom stereocenters.